The minimum Gasteiger partial charge on any atom is -0.312 e. The molecule has 1 heterocycles. The molecule has 0 atom stereocenters. The summed E-state index contributed by atoms with van der Waals surface area (Å²) in [5.74, 6) is 0. The maximum absolute atomic E-state index is 11.3. The molecule has 86 valence electrons. The van der Waals surface area contributed by atoms with Crippen LogP contribution in [-0.2, 0) is 0 Å². The molecule has 0 bridgehead atoms. The summed E-state index contributed by atoms with van der Waals surface area (Å²) in [4.78, 5) is 30.5. The summed E-state index contributed by atoms with van der Waals surface area (Å²) >= 11 is 5.80. The third-order valence-corrected chi connectivity index (χ3v) is 2.24. The number of hydrogen-bond acceptors (Lipinski definition) is 3. The van der Waals surface area contributed by atoms with Crippen molar-refractivity contribution in [2.45, 2.75) is 0 Å². The standard InChI is InChI=1S/C11H8ClN3O2/c12-8-3-1-2-7(4-8)5-13-9-6-14-11(17)15-10(9)16/h1-6H,(H2,14,15,16,17). The Bertz CT molecular complexity index is 673. The molecule has 17 heavy (non-hydrogen) atoms. The molecule has 0 radical (unpaired) electrons. The van der Waals surface area contributed by atoms with Crippen molar-refractivity contribution in [1.82, 2.24) is 9.97 Å². The van der Waals surface area contributed by atoms with Crippen molar-refractivity contribution in [3.05, 3.63) is 61.9 Å². The molecule has 5 nitrogen and oxygen atoms in total. The number of nitrogens with one attached hydrogen (secondary N) is 2. The molecule has 0 spiro atoms. The van der Waals surface area contributed by atoms with Crippen LogP contribution in [0.25, 0.3) is 0 Å². The van der Waals surface area contributed by atoms with E-state index in [-0.39, 0.29) is 5.69 Å². The van der Waals surface area contributed by atoms with Crippen molar-refractivity contribution in [3.63, 3.8) is 0 Å². The zero-order valence-corrected chi connectivity index (χ0v) is 9.36. The number of halogens is 1. The Morgan fingerprint density at radius 1 is 1.29 bits per heavy atom. The van der Waals surface area contributed by atoms with E-state index in [2.05, 4.69) is 15.0 Å². The maximum atomic E-state index is 11.3. The number of aromatic amines is 2. The van der Waals surface area contributed by atoms with Crippen LogP contribution in [0.3, 0.4) is 0 Å². The van der Waals surface area contributed by atoms with Crippen LogP contribution in [0.15, 0.2) is 45.0 Å². The quantitative estimate of drug-likeness (QED) is 0.791. The molecular formula is C11H8ClN3O2. The lowest BCUT2D eigenvalue weighted by atomic mass is 10.2. The molecule has 0 aliphatic heterocycles. The van der Waals surface area contributed by atoms with Crippen LogP contribution < -0.4 is 11.2 Å². The summed E-state index contributed by atoms with van der Waals surface area (Å²) in [6.45, 7) is 0. The van der Waals surface area contributed by atoms with Gasteiger partial charge in [-0.1, -0.05) is 23.7 Å². The molecule has 0 saturated carbocycles. The normalized spacial score (nSPS) is 10.9. The lowest BCUT2D eigenvalue weighted by molar-refractivity contribution is 1.03. The molecule has 2 N–H and O–H groups in total. The number of aromatic nitrogens is 2. The molecule has 2 rings (SSSR count). The number of aliphatic imine (C=N–C) groups is 1. The van der Waals surface area contributed by atoms with Crippen LogP contribution in [0.4, 0.5) is 5.69 Å². The van der Waals surface area contributed by atoms with Gasteiger partial charge in [-0.05, 0) is 17.7 Å². The minimum absolute atomic E-state index is 0.129. The Kier molecular flexibility index (Phi) is 3.20. The summed E-state index contributed by atoms with van der Waals surface area (Å²) < 4.78 is 0. The lowest BCUT2D eigenvalue weighted by Crippen LogP contribution is -2.20. The predicted octanol–water partition coefficient (Wildman–Crippen LogP) is 1.47. The highest BCUT2D eigenvalue weighted by Gasteiger charge is 1.96. The topological polar surface area (TPSA) is 78.1 Å². The molecular weight excluding hydrogens is 242 g/mol. The Labute approximate surface area is 101 Å². The highest BCUT2D eigenvalue weighted by molar-refractivity contribution is 6.30. The van der Waals surface area contributed by atoms with Crippen molar-refractivity contribution in [2.24, 2.45) is 4.99 Å². The van der Waals surface area contributed by atoms with Crippen LogP contribution in [0.1, 0.15) is 5.56 Å². The Morgan fingerprint density at radius 3 is 2.82 bits per heavy atom. The van der Waals surface area contributed by atoms with E-state index in [4.69, 9.17) is 11.6 Å². The Morgan fingerprint density at radius 2 is 2.12 bits per heavy atom. The predicted molar refractivity (Wildman–Crippen MR) is 66.4 cm³/mol. The smallest absolute Gasteiger partial charge is 0.312 e. The second kappa shape index (κ2) is 4.80. The van der Waals surface area contributed by atoms with Gasteiger partial charge in [0.25, 0.3) is 5.56 Å². The molecule has 2 aromatic rings. The fourth-order valence-corrected chi connectivity index (χ4v) is 1.43. The summed E-state index contributed by atoms with van der Waals surface area (Å²) in [5.41, 5.74) is -0.198. The number of benzene rings is 1. The second-order valence-corrected chi connectivity index (χ2v) is 3.71. The first kappa shape index (κ1) is 11.3. The zero-order chi connectivity index (χ0) is 12.3. The first-order chi connectivity index (χ1) is 8.15. The maximum Gasteiger partial charge on any atom is 0.325 e. The molecule has 0 fully saturated rings. The van der Waals surface area contributed by atoms with Crippen LogP contribution >= 0.6 is 11.6 Å². The fraction of sp³-hybridized carbons (Fsp3) is 0. The summed E-state index contributed by atoms with van der Waals surface area (Å²) in [7, 11) is 0. The van der Waals surface area contributed by atoms with Crippen molar-refractivity contribution < 1.29 is 0 Å². The van der Waals surface area contributed by atoms with Crippen molar-refractivity contribution >= 4 is 23.5 Å². The third-order valence-electron chi connectivity index (χ3n) is 2.00. The van der Waals surface area contributed by atoms with Crippen LogP contribution in [0, 0.1) is 0 Å². The molecule has 1 aromatic heterocycles. The van der Waals surface area contributed by atoms with Gasteiger partial charge < -0.3 is 4.98 Å². The number of nitrogens with zero attached hydrogens (tertiary/aromatic N) is 1. The second-order valence-electron chi connectivity index (χ2n) is 3.27. The number of rotatable bonds is 2. The van der Waals surface area contributed by atoms with Gasteiger partial charge in [0.1, 0.15) is 5.69 Å². The molecule has 0 unspecified atom stereocenters. The first-order valence-electron chi connectivity index (χ1n) is 4.77. The van der Waals surface area contributed by atoms with Crippen molar-refractivity contribution in [1.29, 1.82) is 0 Å². The average Bonchev–Trinajstić information content (AvgIpc) is 2.28. The van der Waals surface area contributed by atoms with Gasteiger partial charge in [-0.15, -0.1) is 0 Å². The summed E-state index contributed by atoms with van der Waals surface area (Å²) in [6, 6.07) is 7.03. The molecule has 0 aliphatic rings. The first-order valence-corrected chi connectivity index (χ1v) is 5.14. The Hall–Kier alpha value is -2.14. The third kappa shape index (κ3) is 2.92. The van der Waals surface area contributed by atoms with E-state index in [0.29, 0.717) is 5.02 Å². The van der Waals surface area contributed by atoms with E-state index in [1.54, 1.807) is 24.3 Å². The highest BCUT2D eigenvalue weighted by atomic mass is 35.5. The van der Waals surface area contributed by atoms with Gasteiger partial charge in [0.05, 0.1) is 0 Å². The van der Waals surface area contributed by atoms with Crippen LogP contribution in [0.5, 0.6) is 0 Å². The van der Waals surface area contributed by atoms with E-state index in [0.717, 1.165) is 5.56 Å². The molecule has 6 heteroatoms. The van der Waals surface area contributed by atoms with Gasteiger partial charge >= 0.3 is 5.69 Å². The van der Waals surface area contributed by atoms with Crippen molar-refractivity contribution in [3.8, 4) is 0 Å². The minimum atomic E-state index is -0.559. The van der Waals surface area contributed by atoms with E-state index in [1.807, 2.05) is 0 Å². The molecule has 1 aromatic carbocycles. The van der Waals surface area contributed by atoms with E-state index < -0.39 is 11.2 Å². The van der Waals surface area contributed by atoms with Gasteiger partial charge in [0.15, 0.2) is 0 Å². The summed E-state index contributed by atoms with van der Waals surface area (Å²) in [6.07, 6.45) is 2.75. The monoisotopic (exact) mass is 249 g/mol. The van der Waals surface area contributed by atoms with Gasteiger partial charge in [-0.25, -0.2) is 9.79 Å². The van der Waals surface area contributed by atoms with Gasteiger partial charge in [-0.2, -0.15) is 0 Å². The molecule has 0 aliphatic carbocycles. The number of H-pyrrole nitrogens is 2. The van der Waals surface area contributed by atoms with Gasteiger partial charge in [0.2, 0.25) is 0 Å². The molecule has 0 saturated heterocycles. The zero-order valence-electron chi connectivity index (χ0n) is 8.61. The Balaban J connectivity index is 2.32. The van der Waals surface area contributed by atoms with Crippen LogP contribution in [-0.4, -0.2) is 16.2 Å². The van der Waals surface area contributed by atoms with Crippen LogP contribution in [0.2, 0.25) is 5.02 Å². The summed E-state index contributed by atoms with van der Waals surface area (Å²) in [5, 5.41) is 0.587. The lowest BCUT2D eigenvalue weighted by Gasteiger charge is -1.94. The van der Waals surface area contributed by atoms with Gasteiger partial charge in [-0.3, -0.25) is 9.78 Å². The molecule has 0 amide bonds. The SMILES string of the molecule is O=c1[nH]cc(N=Cc2cccc(Cl)c2)c(=O)[nH]1. The van der Waals surface area contributed by atoms with E-state index >= 15 is 0 Å². The largest absolute Gasteiger partial charge is 0.325 e. The van der Waals surface area contributed by atoms with Crippen molar-refractivity contribution in [2.75, 3.05) is 0 Å². The number of hydrogen-bond donors (Lipinski definition) is 2. The van der Waals surface area contributed by atoms with E-state index in [9.17, 15) is 9.59 Å². The highest BCUT2D eigenvalue weighted by Crippen LogP contribution is 2.09. The average molecular weight is 250 g/mol. The van der Waals surface area contributed by atoms with E-state index in [1.165, 1.54) is 12.4 Å². The van der Waals surface area contributed by atoms with Gasteiger partial charge in [0, 0.05) is 17.4 Å². The fourth-order valence-electron chi connectivity index (χ4n) is 1.23.